The van der Waals surface area contributed by atoms with Crippen molar-refractivity contribution in [3.63, 3.8) is 0 Å². The maximum Gasteiger partial charge on any atom is 0.0301 e. The second-order valence-corrected chi connectivity index (χ2v) is 10.9. The predicted molar refractivity (Wildman–Crippen MR) is 157 cm³/mol. The third kappa shape index (κ3) is 6.98. The van der Waals surface area contributed by atoms with E-state index in [0.29, 0.717) is 0 Å². The Bertz CT molecular complexity index is 1130. The van der Waals surface area contributed by atoms with Crippen LogP contribution in [0.4, 0.5) is 0 Å². The molecule has 0 aliphatic rings. The van der Waals surface area contributed by atoms with Gasteiger partial charge in [-0.15, -0.1) is 0 Å². The summed E-state index contributed by atoms with van der Waals surface area (Å²) >= 11 is 0. The molecule has 4 aromatic carbocycles. The van der Waals surface area contributed by atoms with E-state index < -0.39 is 0 Å². The maximum absolute atomic E-state index is 6.75. The molecule has 0 fully saturated rings. The topological polar surface area (TPSA) is 26.0 Å². The summed E-state index contributed by atoms with van der Waals surface area (Å²) in [5, 5.41) is 8.11. The van der Waals surface area contributed by atoms with E-state index in [1.54, 1.807) is 0 Å². The first kappa shape index (κ1) is 26.0. The first-order valence-corrected chi connectivity index (χ1v) is 14.7. The molecule has 0 heterocycles. The van der Waals surface area contributed by atoms with Crippen molar-refractivity contribution in [2.24, 2.45) is 5.73 Å². The lowest BCUT2D eigenvalue weighted by molar-refractivity contribution is 0.520. The number of unbranched alkanes of at least 4 members (excludes halogenated alkanes) is 14. The fourth-order valence-electron chi connectivity index (χ4n) is 5.97. The normalized spacial score (nSPS) is 12.9. The quantitative estimate of drug-likeness (QED) is 0.121. The van der Waals surface area contributed by atoms with Gasteiger partial charge in [-0.3, -0.25) is 0 Å². The van der Waals surface area contributed by atoms with Gasteiger partial charge in [0, 0.05) is 6.04 Å². The van der Waals surface area contributed by atoms with Crippen molar-refractivity contribution >= 4 is 32.3 Å². The summed E-state index contributed by atoms with van der Waals surface area (Å²) in [5.74, 6) is 0. The zero-order valence-corrected chi connectivity index (χ0v) is 22.2. The van der Waals surface area contributed by atoms with Gasteiger partial charge >= 0.3 is 0 Å². The molecule has 0 aliphatic heterocycles. The number of rotatable bonds is 17. The fraction of sp³-hybridized carbons (Fsp3) is 0.529. The molecule has 0 bridgehead atoms. The van der Waals surface area contributed by atoms with Crippen LogP contribution in [-0.4, -0.2) is 0 Å². The van der Waals surface area contributed by atoms with Gasteiger partial charge in [0.2, 0.25) is 0 Å². The van der Waals surface area contributed by atoms with Gasteiger partial charge in [0.15, 0.2) is 0 Å². The molecule has 0 spiro atoms. The second-order valence-electron chi connectivity index (χ2n) is 10.9. The third-order valence-electron chi connectivity index (χ3n) is 8.08. The Hall–Kier alpha value is -2.12. The number of benzene rings is 4. The standard InChI is InChI=1S/C34H47N/c1-2-3-4-5-6-7-8-9-10-11-12-13-14-15-16-20-32(35)30-25-23-29-22-21-27-18-17-19-28-24-26-31(30)34(29)33(27)28/h17-19,21-26,32H,2-16,20,35H2,1H3. The van der Waals surface area contributed by atoms with Crippen molar-refractivity contribution in [1.29, 1.82) is 0 Å². The van der Waals surface area contributed by atoms with Gasteiger partial charge in [-0.05, 0) is 44.3 Å². The van der Waals surface area contributed by atoms with Crippen LogP contribution in [0.2, 0.25) is 0 Å². The molecule has 4 aromatic rings. The van der Waals surface area contributed by atoms with E-state index in [9.17, 15) is 0 Å². The van der Waals surface area contributed by atoms with E-state index in [1.165, 1.54) is 134 Å². The Labute approximate surface area is 213 Å². The first-order chi connectivity index (χ1) is 17.3. The molecule has 1 atom stereocenters. The van der Waals surface area contributed by atoms with E-state index in [-0.39, 0.29) is 6.04 Å². The highest BCUT2D eigenvalue weighted by atomic mass is 14.6. The molecule has 1 heteroatoms. The predicted octanol–water partition coefficient (Wildman–Crippen LogP) is 10.8. The summed E-state index contributed by atoms with van der Waals surface area (Å²) in [5.41, 5.74) is 8.07. The molecule has 35 heavy (non-hydrogen) atoms. The summed E-state index contributed by atoms with van der Waals surface area (Å²) in [6.45, 7) is 2.30. The van der Waals surface area contributed by atoms with Crippen molar-refractivity contribution < 1.29 is 0 Å². The van der Waals surface area contributed by atoms with E-state index in [4.69, 9.17) is 5.73 Å². The summed E-state index contributed by atoms with van der Waals surface area (Å²) in [7, 11) is 0. The van der Waals surface area contributed by atoms with Crippen LogP contribution in [0.5, 0.6) is 0 Å². The minimum Gasteiger partial charge on any atom is -0.324 e. The molecular formula is C34H47N. The highest BCUT2D eigenvalue weighted by molar-refractivity contribution is 6.23. The summed E-state index contributed by atoms with van der Waals surface area (Å²) < 4.78 is 0. The van der Waals surface area contributed by atoms with Gasteiger partial charge in [-0.1, -0.05) is 158 Å². The van der Waals surface area contributed by atoms with Gasteiger partial charge in [-0.25, -0.2) is 0 Å². The van der Waals surface area contributed by atoms with Crippen LogP contribution in [0.25, 0.3) is 32.3 Å². The largest absolute Gasteiger partial charge is 0.324 e. The molecule has 0 radical (unpaired) electrons. The first-order valence-electron chi connectivity index (χ1n) is 14.7. The van der Waals surface area contributed by atoms with Crippen LogP contribution in [0.15, 0.2) is 54.6 Å². The molecule has 1 nitrogen and oxygen atoms in total. The molecule has 0 aliphatic carbocycles. The van der Waals surface area contributed by atoms with E-state index in [2.05, 4.69) is 61.5 Å². The second kappa shape index (κ2) is 13.8. The molecular weight excluding hydrogens is 422 g/mol. The summed E-state index contributed by atoms with van der Waals surface area (Å²) in [6.07, 6.45) is 22.2. The van der Waals surface area contributed by atoms with Crippen molar-refractivity contribution in [1.82, 2.24) is 0 Å². The van der Waals surface area contributed by atoms with E-state index >= 15 is 0 Å². The van der Waals surface area contributed by atoms with Gasteiger partial charge in [0.25, 0.3) is 0 Å². The molecule has 188 valence electrons. The van der Waals surface area contributed by atoms with E-state index in [0.717, 1.165) is 6.42 Å². The Morgan fingerprint density at radius 3 is 1.54 bits per heavy atom. The third-order valence-corrected chi connectivity index (χ3v) is 8.08. The maximum atomic E-state index is 6.75. The van der Waals surface area contributed by atoms with Crippen LogP contribution < -0.4 is 5.73 Å². The Balaban J connectivity index is 1.14. The minimum atomic E-state index is 0.126. The molecule has 0 aromatic heterocycles. The Morgan fingerprint density at radius 1 is 0.514 bits per heavy atom. The van der Waals surface area contributed by atoms with Crippen LogP contribution in [0.3, 0.4) is 0 Å². The Kier molecular flexibility index (Phi) is 10.3. The van der Waals surface area contributed by atoms with Gasteiger partial charge in [0.1, 0.15) is 0 Å². The Morgan fingerprint density at radius 2 is 0.971 bits per heavy atom. The molecule has 0 amide bonds. The van der Waals surface area contributed by atoms with Crippen molar-refractivity contribution in [3.8, 4) is 0 Å². The van der Waals surface area contributed by atoms with Crippen LogP contribution in [0.1, 0.15) is 121 Å². The van der Waals surface area contributed by atoms with Crippen LogP contribution in [-0.2, 0) is 0 Å². The molecule has 0 saturated heterocycles. The highest BCUT2D eigenvalue weighted by Gasteiger charge is 2.14. The zero-order chi connectivity index (χ0) is 24.3. The fourth-order valence-corrected chi connectivity index (χ4v) is 5.97. The van der Waals surface area contributed by atoms with E-state index in [1.807, 2.05) is 0 Å². The summed E-state index contributed by atoms with van der Waals surface area (Å²) in [6, 6.07) is 20.4. The molecule has 4 rings (SSSR count). The van der Waals surface area contributed by atoms with Gasteiger partial charge in [-0.2, -0.15) is 0 Å². The van der Waals surface area contributed by atoms with Crippen molar-refractivity contribution in [2.45, 2.75) is 116 Å². The monoisotopic (exact) mass is 469 g/mol. The van der Waals surface area contributed by atoms with Crippen molar-refractivity contribution in [2.75, 3.05) is 0 Å². The zero-order valence-electron chi connectivity index (χ0n) is 22.2. The minimum absolute atomic E-state index is 0.126. The average Bonchev–Trinajstić information content (AvgIpc) is 2.89. The number of hydrogen-bond donors (Lipinski definition) is 1. The van der Waals surface area contributed by atoms with Crippen LogP contribution >= 0.6 is 0 Å². The lowest BCUT2D eigenvalue weighted by Crippen LogP contribution is -2.10. The number of hydrogen-bond acceptors (Lipinski definition) is 1. The van der Waals surface area contributed by atoms with Gasteiger partial charge in [0.05, 0.1) is 0 Å². The number of nitrogens with two attached hydrogens (primary N) is 1. The summed E-state index contributed by atoms with van der Waals surface area (Å²) in [4.78, 5) is 0. The lowest BCUT2D eigenvalue weighted by atomic mass is 9.89. The molecule has 0 saturated carbocycles. The highest BCUT2D eigenvalue weighted by Crippen LogP contribution is 2.37. The lowest BCUT2D eigenvalue weighted by Gasteiger charge is -2.18. The molecule has 2 N–H and O–H groups in total. The average molecular weight is 470 g/mol. The van der Waals surface area contributed by atoms with Crippen molar-refractivity contribution in [3.05, 3.63) is 60.2 Å². The van der Waals surface area contributed by atoms with Gasteiger partial charge < -0.3 is 5.73 Å². The molecule has 1 unspecified atom stereocenters. The smallest absolute Gasteiger partial charge is 0.0301 e. The van der Waals surface area contributed by atoms with Crippen LogP contribution in [0, 0.1) is 0 Å². The SMILES string of the molecule is CCCCCCCCCCCCCCCCCC(N)c1ccc2ccc3cccc4ccc1c2c34.